The maximum atomic E-state index is 12.8. The van der Waals surface area contributed by atoms with Gasteiger partial charge in [0, 0.05) is 43.0 Å². The van der Waals surface area contributed by atoms with Crippen molar-refractivity contribution in [1.82, 2.24) is 14.9 Å². The molecule has 122 valence electrons. The van der Waals surface area contributed by atoms with Crippen LogP contribution in [0.15, 0.2) is 24.7 Å². The predicted molar refractivity (Wildman–Crippen MR) is 92.9 cm³/mol. The molecule has 1 amide bonds. The number of thiophene rings is 1. The molecule has 2 aromatic heterocycles. The molecule has 0 radical (unpaired) electrons. The van der Waals surface area contributed by atoms with Gasteiger partial charge in [0.05, 0.1) is 10.6 Å². The van der Waals surface area contributed by atoms with Crippen LogP contribution >= 0.6 is 11.3 Å². The number of likely N-dealkylation sites (N-methyl/N-ethyl adjacent to an activating group) is 1. The summed E-state index contributed by atoms with van der Waals surface area (Å²) in [6.45, 7) is 2.06. The van der Waals surface area contributed by atoms with Gasteiger partial charge in [-0.1, -0.05) is 6.42 Å². The van der Waals surface area contributed by atoms with Crippen molar-refractivity contribution in [2.24, 2.45) is 0 Å². The molecule has 2 aromatic rings. The van der Waals surface area contributed by atoms with Gasteiger partial charge in [-0.25, -0.2) is 0 Å². The van der Waals surface area contributed by atoms with E-state index in [0.717, 1.165) is 29.8 Å². The Kier molecular flexibility index (Phi) is 5.06. The number of carbonyl (C=O) groups excluding carboxylic acids is 1. The maximum Gasteiger partial charge on any atom is 0.263 e. The Morgan fingerprint density at radius 3 is 2.91 bits per heavy atom. The Hall–Kier alpha value is -1.75. The van der Waals surface area contributed by atoms with E-state index in [1.807, 2.05) is 11.9 Å². The molecule has 0 aliphatic heterocycles. The number of hydrogen-bond donors (Lipinski definition) is 0. The lowest BCUT2D eigenvalue weighted by molar-refractivity contribution is 0.0747. The molecule has 5 heteroatoms. The van der Waals surface area contributed by atoms with E-state index in [-0.39, 0.29) is 11.9 Å². The van der Waals surface area contributed by atoms with Gasteiger partial charge >= 0.3 is 0 Å². The molecule has 1 aliphatic carbocycles. The third kappa shape index (κ3) is 3.78. The van der Waals surface area contributed by atoms with Gasteiger partial charge in [-0.2, -0.15) is 0 Å². The highest BCUT2D eigenvalue weighted by Gasteiger charge is 2.22. The molecule has 0 fully saturated rings. The van der Waals surface area contributed by atoms with Crippen LogP contribution in [0.25, 0.3) is 0 Å². The first kappa shape index (κ1) is 16.1. The lowest BCUT2D eigenvalue weighted by atomic mass is 10.1. The summed E-state index contributed by atoms with van der Waals surface area (Å²) in [5, 5.41) is 0. The Morgan fingerprint density at radius 1 is 1.30 bits per heavy atom. The van der Waals surface area contributed by atoms with Crippen molar-refractivity contribution in [3.05, 3.63) is 45.7 Å². The van der Waals surface area contributed by atoms with Crippen molar-refractivity contribution in [3.8, 4) is 0 Å². The quantitative estimate of drug-likeness (QED) is 0.806. The summed E-state index contributed by atoms with van der Waals surface area (Å²) in [5.41, 5.74) is 2.31. The van der Waals surface area contributed by atoms with Crippen LogP contribution in [0.1, 0.15) is 52.0 Å². The molecule has 4 nitrogen and oxygen atoms in total. The van der Waals surface area contributed by atoms with E-state index in [4.69, 9.17) is 0 Å². The second-order valence-corrected chi connectivity index (χ2v) is 7.42. The highest BCUT2D eigenvalue weighted by atomic mass is 32.1. The molecule has 0 unspecified atom stereocenters. The highest BCUT2D eigenvalue weighted by Crippen LogP contribution is 2.29. The van der Waals surface area contributed by atoms with Gasteiger partial charge in [0.25, 0.3) is 5.91 Å². The molecule has 2 heterocycles. The number of aryl methyl sites for hydroxylation is 2. The fraction of sp³-hybridized carbons (Fsp3) is 0.500. The zero-order valence-electron chi connectivity index (χ0n) is 13.8. The third-order valence-electron chi connectivity index (χ3n) is 4.56. The van der Waals surface area contributed by atoms with E-state index in [0.29, 0.717) is 0 Å². The molecular formula is C18H23N3OS. The van der Waals surface area contributed by atoms with Gasteiger partial charge in [0.15, 0.2) is 0 Å². The van der Waals surface area contributed by atoms with Crippen LogP contribution in [0.4, 0.5) is 0 Å². The molecule has 0 bridgehead atoms. The van der Waals surface area contributed by atoms with Gasteiger partial charge in [0.2, 0.25) is 0 Å². The summed E-state index contributed by atoms with van der Waals surface area (Å²) in [6.07, 6.45) is 11.9. The number of hydrogen-bond acceptors (Lipinski definition) is 4. The first-order chi connectivity index (χ1) is 11.1. The first-order valence-corrected chi connectivity index (χ1v) is 9.10. The van der Waals surface area contributed by atoms with E-state index >= 15 is 0 Å². The Balaban J connectivity index is 1.69. The van der Waals surface area contributed by atoms with Crippen LogP contribution in [0.2, 0.25) is 0 Å². The highest BCUT2D eigenvalue weighted by molar-refractivity contribution is 7.14. The monoisotopic (exact) mass is 329 g/mol. The fourth-order valence-electron chi connectivity index (χ4n) is 3.02. The van der Waals surface area contributed by atoms with Crippen LogP contribution in [0.5, 0.6) is 0 Å². The second-order valence-electron chi connectivity index (χ2n) is 6.29. The summed E-state index contributed by atoms with van der Waals surface area (Å²) >= 11 is 1.69. The Bertz CT molecular complexity index is 645. The minimum atomic E-state index is 0.0982. The Morgan fingerprint density at radius 2 is 2.13 bits per heavy atom. The average Bonchev–Trinajstić information content (AvgIpc) is 2.85. The van der Waals surface area contributed by atoms with E-state index < -0.39 is 0 Å². The van der Waals surface area contributed by atoms with Crippen LogP contribution < -0.4 is 0 Å². The van der Waals surface area contributed by atoms with Gasteiger partial charge in [0.1, 0.15) is 0 Å². The van der Waals surface area contributed by atoms with Crippen LogP contribution in [0, 0.1) is 0 Å². The average molecular weight is 329 g/mol. The molecule has 0 aromatic carbocycles. The zero-order valence-corrected chi connectivity index (χ0v) is 14.6. The lowest BCUT2D eigenvalue weighted by Crippen LogP contribution is -2.36. The normalized spacial score (nSPS) is 15.6. The SMILES string of the molecule is C[C@@H](Cc1cnccn1)N(C)C(=O)c1cc2c(s1)CCCCC2. The second kappa shape index (κ2) is 7.21. The number of fused-ring (bicyclic) bond motifs is 1. The van der Waals surface area contributed by atoms with Crippen molar-refractivity contribution in [3.63, 3.8) is 0 Å². The number of amides is 1. The topological polar surface area (TPSA) is 46.1 Å². The summed E-state index contributed by atoms with van der Waals surface area (Å²) in [5.74, 6) is 0.125. The first-order valence-electron chi connectivity index (χ1n) is 8.29. The molecule has 0 saturated carbocycles. The van der Waals surface area contributed by atoms with Crippen molar-refractivity contribution in [1.29, 1.82) is 0 Å². The predicted octanol–water partition coefficient (Wildman–Crippen LogP) is 3.51. The number of aromatic nitrogens is 2. The standard InChI is InChI=1S/C18H23N3OS/c1-13(10-15-12-19-8-9-20-15)21(2)18(22)17-11-14-6-4-3-5-7-16(14)23-17/h8-9,11-13H,3-7,10H2,1-2H3/t13-/m0/s1. The Labute approximate surface area is 141 Å². The third-order valence-corrected chi connectivity index (χ3v) is 5.79. The van der Waals surface area contributed by atoms with Crippen LogP contribution in [0.3, 0.4) is 0 Å². The van der Waals surface area contributed by atoms with Crippen LogP contribution in [-0.2, 0) is 19.3 Å². The van der Waals surface area contributed by atoms with Crippen molar-refractivity contribution in [2.75, 3.05) is 7.05 Å². The molecule has 1 aliphatic rings. The molecule has 0 spiro atoms. The molecule has 23 heavy (non-hydrogen) atoms. The smallest absolute Gasteiger partial charge is 0.263 e. The van der Waals surface area contributed by atoms with Crippen molar-refractivity contribution < 1.29 is 4.79 Å². The minimum absolute atomic E-state index is 0.0982. The van der Waals surface area contributed by atoms with Crippen LogP contribution in [-0.4, -0.2) is 33.9 Å². The number of nitrogens with zero attached hydrogens (tertiary/aromatic N) is 3. The summed E-state index contributed by atoms with van der Waals surface area (Å²) in [7, 11) is 1.88. The molecular weight excluding hydrogens is 306 g/mol. The minimum Gasteiger partial charge on any atom is -0.338 e. The van der Waals surface area contributed by atoms with Crippen molar-refractivity contribution in [2.45, 2.75) is 51.5 Å². The largest absolute Gasteiger partial charge is 0.338 e. The van der Waals surface area contributed by atoms with E-state index in [1.165, 1.54) is 29.7 Å². The summed E-state index contributed by atoms with van der Waals surface area (Å²) in [6, 6.07) is 2.22. The summed E-state index contributed by atoms with van der Waals surface area (Å²) in [4.78, 5) is 25.3. The van der Waals surface area contributed by atoms with Gasteiger partial charge in [-0.3, -0.25) is 14.8 Å². The molecule has 0 N–H and O–H groups in total. The lowest BCUT2D eigenvalue weighted by Gasteiger charge is -2.24. The zero-order chi connectivity index (χ0) is 16.2. The summed E-state index contributed by atoms with van der Waals surface area (Å²) < 4.78 is 0. The van der Waals surface area contributed by atoms with Gasteiger partial charge < -0.3 is 4.90 Å². The number of rotatable bonds is 4. The van der Waals surface area contributed by atoms with E-state index in [9.17, 15) is 4.79 Å². The molecule has 3 rings (SSSR count). The number of carbonyl (C=O) groups is 1. The van der Waals surface area contributed by atoms with Crippen molar-refractivity contribution >= 4 is 17.2 Å². The van der Waals surface area contributed by atoms with Gasteiger partial charge in [-0.15, -0.1) is 11.3 Å². The molecule has 1 atom stereocenters. The molecule has 0 saturated heterocycles. The van der Waals surface area contributed by atoms with Gasteiger partial charge in [-0.05, 0) is 44.2 Å². The fourth-order valence-corrected chi connectivity index (χ4v) is 4.26. The van der Waals surface area contributed by atoms with E-state index in [1.54, 1.807) is 29.9 Å². The van der Waals surface area contributed by atoms with E-state index in [2.05, 4.69) is 23.0 Å². The maximum absolute atomic E-state index is 12.8.